The molecule has 0 spiro atoms. The zero-order valence-corrected chi connectivity index (χ0v) is 18.0. The minimum Gasteiger partial charge on any atom is -0.339 e. The minimum absolute atomic E-state index is 0.169. The summed E-state index contributed by atoms with van der Waals surface area (Å²) in [6.07, 6.45) is 10.6. The molecule has 0 atom stereocenters. The molecular formula is C27H31FN3+. The van der Waals surface area contributed by atoms with Crippen LogP contribution in [0.1, 0.15) is 55.3 Å². The maximum atomic E-state index is 13.2. The summed E-state index contributed by atoms with van der Waals surface area (Å²) in [5, 5.41) is 7.59. The Hall–Kier alpha value is -2.46. The number of nitrogens with zero attached hydrogens (tertiary/aromatic N) is 2. The first kappa shape index (κ1) is 19.2. The summed E-state index contributed by atoms with van der Waals surface area (Å²) in [5.74, 6) is 2.55. The van der Waals surface area contributed by atoms with Crippen molar-refractivity contribution in [1.29, 1.82) is 0 Å². The Morgan fingerprint density at radius 1 is 0.871 bits per heavy atom. The molecule has 4 saturated carbocycles. The fraction of sp³-hybridized carbons (Fsp3) is 0.444. The van der Waals surface area contributed by atoms with Crippen LogP contribution in [0.5, 0.6) is 0 Å². The van der Waals surface area contributed by atoms with Crippen molar-refractivity contribution in [3.63, 3.8) is 0 Å². The highest BCUT2D eigenvalue weighted by molar-refractivity contribution is 5.36. The molecule has 4 aliphatic rings. The Bertz CT molecular complexity index is 1020. The first-order valence-electron chi connectivity index (χ1n) is 11.9. The second-order valence-corrected chi connectivity index (χ2v) is 10.3. The van der Waals surface area contributed by atoms with E-state index in [1.807, 2.05) is 12.1 Å². The lowest BCUT2D eigenvalue weighted by atomic mass is 9.48. The van der Waals surface area contributed by atoms with Gasteiger partial charge in [0.1, 0.15) is 18.9 Å². The van der Waals surface area contributed by atoms with Crippen LogP contribution in [0.15, 0.2) is 60.8 Å². The second-order valence-electron chi connectivity index (χ2n) is 10.3. The van der Waals surface area contributed by atoms with E-state index in [4.69, 9.17) is 5.10 Å². The molecule has 1 heterocycles. The van der Waals surface area contributed by atoms with Crippen LogP contribution in [0.2, 0.25) is 0 Å². The third-order valence-electron chi connectivity index (χ3n) is 8.01. The third-order valence-corrected chi connectivity index (χ3v) is 8.01. The predicted octanol–water partition coefficient (Wildman–Crippen LogP) is 4.74. The number of hydrogen-bond acceptors (Lipinski definition) is 1. The predicted molar refractivity (Wildman–Crippen MR) is 119 cm³/mol. The Labute approximate surface area is 183 Å². The van der Waals surface area contributed by atoms with Crippen molar-refractivity contribution >= 4 is 0 Å². The lowest BCUT2D eigenvalue weighted by Crippen LogP contribution is -2.80. The van der Waals surface area contributed by atoms with Gasteiger partial charge in [0, 0.05) is 22.7 Å². The standard InChI is InChI=1S/C27H30FN3/c28-24-8-6-19(7-9-24)16-29-17-23-18-31(25-4-2-1-3-5-25)30-26(23)27-13-20-10-21(14-27)12-22(11-20)15-27/h1-9,18,20-22,29H,10-17H2/p+1. The summed E-state index contributed by atoms with van der Waals surface area (Å²) in [6.45, 7) is 1.78. The van der Waals surface area contributed by atoms with E-state index in [-0.39, 0.29) is 11.2 Å². The van der Waals surface area contributed by atoms with Gasteiger partial charge in [0.2, 0.25) is 0 Å². The first-order valence-corrected chi connectivity index (χ1v) is 11.9. The normalized spacial score (nSPS) is 28.9. The molecule has 1 aromatic heterocycles. The smallest absolute Gasteiger partial charge is 0.123 e. The van der Waals surface area contributed by atoms with Crippen LogP contribution >= 0.6 is 0 Å². The van der Waals surface area contributed by atoms with Gasteiger partial charge < -0.3 is 5.32 Å². The molecule has 0 amide bonds. The molecule has 0 saturated heterocycles. The maximum Gasteiger partial charge on any atom is 0.123 e. The number of quaternary nitrogens is 1. The van der Waals surface area contributed by atoms with Crippen molar-refractivity contribution in [1.82, 2.24) is 9.78 Å². The largest absolute Gasteiger partial charge is 0.339 e. The molecule has 2 aromatic carbocycles. The van der Waals surface area contributed by atoms with Crippen molar-refractivity contribution < 1.29 is 9.71 Å². The van der Waals surface area contributed by atoms with Gasteiger partial charge in [0.25, 0.3) is 0 Å². The zero-order chi connectivity index (χ0) is 20.8. The number of nitrogens with two attached hydrogens (primary N) is 1. The van der Waals surface area contributed by atoms with Crippen LogP contribution in [-0.4, -0.2) is 9.78 Å². The summed E-state index contributed by atoms with van der Waals surface area (Å²) in [5.41, 5.74) is 5.33. The van der Waals surface area contributed by atoms with Crippen LogP contribution in [-0.2, 0) is 18.5 Å². The fourth-order valence-electron chi connectivity index (χ4n) is 7.13. The first-order chi connectivity index (χ1) is 15.2. The SMILES string of the molecule is Fc1ccc(C[NH2+]Cc2cn(-c3ccccc3)nc2C23CC4CC(CC(C4)C2)C3)cc1. The molecule has 2 N–H and O–H groups in total. The molecule has 0 unspecified atom stereocenters. The van der Waals surface area contributed by atoms with Crippen LogP contribution in [0.3, 0.4) is 0 Å². The molecule has 0 radical (unpaired) electrons. The van der Waals surface area contributed by atoms with E-state index in [1.165, 1.54) is 49.8 Å². The van der Waals surface area contributed by atoms with Gasteiger partial charge in [-0.2, -0.15) is 5.10 Å². The van der Waals surface area contributed by atoms with E-state index in [0.29, 0.717) is 0 Å². The van der Waals surface area contributed by atoms with E-state index in [2.05, 4.69) is 46.5 Å². The Morgan fingerprint density at radius 3 is 2.16 bits per heavy atom. The molecule has 3 aromatic rings. The van der Waals surface area contributed by atoms with Gasteiger partial charge in [0.05, 0.1) is 11.4 Å². The third kappa shape index (κ3) is 3.61. The summed E-state index contributed by atoms with van der Waals surface area (Å²) < 4.78 is 15.3. The van der Waals surface area contributed by atoms with E-state index in [0.717, 1.165) is 42.1 Å². The van der Waals surface area contributed by atoms with Gasteiger partial charge in [-0.15, -0.1) is 0 Å². The molecule has 4 bridgehead atoms. The minimum atomic E-state index is -0.169. The number of para-hydroxylation sites is 1. The molecule has 0 aliphatic heterocycles. The van der Waals surface area contributed by atoms with Crippen LogP contribution in [0.4, 0.5) is 4.39 Å². The molecule has 4 heteroatoms. The molecule has 4 fully saturated rings. The van der Waals surface area contributed by atoms with Gasteiger partial charge >= 0.3 is 0 Å². The Kier molecular flexibility index (Phi) is 4.71. The van der Waals surface area contributed by atoms with Crippen molar-refractivity contribution in [2.75, 3.05) is 0 Å². The second kappa shape index (κ2) is 7.59. The number of hydrogen-bond donors (Lipinski definition) is 1. The van der Waals surface area contributed by atoms with Crippen molar-refractivity contribution in [3.05, 3.63) is 83.4 Å². The van der Waals surface area contributed by atoms with Crippen LogP contribution in [0, 0.1) is 23.6 Å². The van der Waals surface area contributed by atoms with Crippen molar-refractivity contribution in [3.8, 4) is 5.69 Å². The van der Waals surface area contributed by atoms with Gasteiger partial charge in [-0.1, -0.05) is 30.3 Å². The lowest BCUT2D eigenvalue weighted by Gasteiger charge is -2.56. The molecule has 31 heavy (non-hydrogen) atoms. The van der Waals surface area contributed by atoms with E-state index < -0.39 is 0 Å². The van der Waals surface area contributed by atoms with Gasteiger partial charge in [-0.05, 0) is 80.5 Å². The van der Waals surface area contributed by atoms with Crippen LogP contribution < -0.4 is 5.32 Å². The van der Waals surface area contributed by atoms with E-state index in [1.54, 1.807) is 12.1 Å². The molecular weight excluding hydrogens is 385 g/mol. The molecule has 160 valence electrons. The van der Waals surface area contributed by atoms with Gasteiger partial charge in [-0.25, -0.2) is 9.07 Å². The summed E-state index contributed by atoms with van der Waals surface area (Å²) in [7, 11) is 0. The lowest BCUT2D eigenvalue weighted by molar-refractivity contribution is -0.686. The summed E-state index contributed by atoms with van der Waals surface area (Å²) in [6, 6.07) is 17.4. The molecule has 3 nitrogen and oxygen atoms in total. The highest BCUT2D eigenvalue weighted by atomic mass is 19.1. The average Bonchev–Trinajstić information content (AvgIpc) is 3.20. The van der Waals surface area contributed by atoms with Gasteiger partial charge in [-0.3, -0.25) is 0 Å². The maximum absolute atomic E-state index is 13.2. The number of rotatable bonds is 6. The van der Waals surface area contributed by atoms with Gasteiger partial charge in [0.15, 0.2) is 0 Å². The fourth-order valence-corrected chi connectivity index (χ4v) is 7.13. The zero-order valence-electron chi connectivity index (χ0n) is 18.0. The number of aromatic nitrogens is 2. The van der Waals surface area contributed by atoms with E-state index >= 15 is 0 Å². The summed E-state index contributed by atoms with van der Waals surface area (Å²) >= 11 is 0. The number of benzene rings is 2. The Morgan fingerprint density at radius 2 is 1.52 bits per heavy atom. The van der Waals surface area contributed by atoms with E-state index in [9.17, 15) is 4.39 Å². The van der Waals surface area contributed by atoms with Crippen molar-refractivity contribution in [2.45, 2.75) is 57.0 Å². The summed E-state index contributed by atoms with van der Waals surface area (Å²) in [4.78, 5) is 0. The molecule has 4 aliphatic carbocycles. The molecule has 7 rings (SSSR count). The topological polar surface area (TPSA) is 34.4 Å². The average molecular weight is 417 g/mol. The highest BCUT2D eigenvalue weighted by Gasteiger charge is 2.53. The van der Waals surface area contributed by atoms with Crippen LogP contribution in [0.25, 0.3) is 5.69 Å². The monoisotopic (exact) mass is 416 g/mol. The highest BCUT2D eigenvalue weighted by Crippen LogP contribution is 2.60. The number of halogens is 1. The quantitative estimate of drug-likeness (QED) is 0.619. The van der Waals surface area contributed by atoms with Crippen molar-refractivity contribution in [2.24, 2.45) is 17.8 Å². The Balaban J connectivity index is 1.30.